The first-order chi connectivity index (χ1) is 9.53. The molecule has 0 bridgehead atoms. The number of carboxylic acid groups (broad SMARTS) is 1. The molecule has 1 aliphatic heterocycles. The van der Waals surface area contributed by atoms with Crippen molar-refractivity contribution < 1.29 is 19.4 Å². The summed E-state index contributed by atoms with van der Waals surface area (Å²) >= 11 is 0. The Morgan fingerprint density at radius 2 is 2.10 bits per heavy atom. The molecule has 1 aromatic rings. The number of rotatable bonds is 5. The molecule has 0 unspecified atom stereocenters. The minimum atomic E-state index is -0.858. The molecule has 0 aromatic carbocycles. The van der Waals surface area contributed by atoms with E-state index in [9.17, 15) is 14.7 Å². The van der Waals surface area contributed by atoms with Crippen molar-refractivity contribution in [1.82, 2.24) is 4.98 Å². The molecule has 1 aromatic heterocycles. The fourth-order valence-corrected chi connectivity index (χ4v) is 2.16. The maximum Gasteiger partial charge on any atom is 0.311 e. The number of carboxylic acids is 1. The number of carbonyl (C=O) groups excluding carboxylic acids is 1. The second-order valence-electron chi connectivity index (χ2n) is 4.82. The second kappa shape index (κ2) is 5.87. The Balaban J connectivity index is 2.08. The molecule has 7 nitrogen and oxygen atoms in total. The molecule has 1 saturated heterocycles. The van der Waals surface area contributed by atoms with Crippen LogP contribution in [0, 0.1) is 5.41 Å². The van der Waals surface area contributed by atoms with Crippen LogP contribution in [0.2, 0.25) is 0 Å². The lowest BCUT2D eigenvalue weighted by atomic mass is 9.80. The number of carbonyl (C=O) groups is 2. The van der Waals surface area contributed by atoms with Crippen LogP contribution in [0.4, 0.5) is 5.82 Å². The summed E-state index contributed by atoms with van der Waals surface area (Å²) in [6, 6.07) is 4.82. The van der Waals surface area contributed by atoms with Crippen molar-refractivity contribution in [2.75, 3.05) is 25.1 Å². The van der Waals surface area contributed by atoms with Gasteiger partial charge in [0.05, 0.1) is 5.41 Å². The van der Waals surface area contributed by atoms with E-state index in [1.54, 1.807) is 12.1 Å². The van der Waals surface area contributed by atoms with Gasteiger partial charge in [-0.05, 0) is 25.0 Å². The Morgan fingerprint density at radius 3 is 2.70 bits per heavy atom. The van der Waals surface area contributed by atoms with Crippen molar-refractivity contribution in [1.29, 1.82) is 0 Å². The normalized spacial score (nSPS) is 17.4. The lowest BCUT2D eigenvalue weighted by molar-refractivity contribution is -0.153. The number of amides is 1. The molecule has 1 aliphatic rings. The highest BCUT2D eigenvalue weighted by molar-refractivity contribution is 5.91. The fraction of sp³-hybridized carbons (Fsp3) is 0.462. The third kappa shape index (κ3) is 3.05. The van der Waals surface area contributed by atoms with Gasteiger partial charge in [0, 0.05) is 19.8 Å². The van der Waals surface area contributed by atoms with Crippen molar-refractivity contribution in [3.8, 4) is 0 Å². The third-order valence-corrected chi connectivity index (χ3v) is 3.51. The molecule has 108 valence electrons. The van der Waals surface area contributed by atoms with E-state index in [-0.39, 0.29) is 12.2 Å². The zero-order valence-corrected chi connectivity index (χ0v) is 11.0. The molecule has 7 heteroatoms. The molecule has 0 radical (unpaired) electrons. The second-order valence-corrected chi connectivity index (χ2v) is 4.82. The van der Waals surface area contributed by atoms with E-state index in [0.29, 0.717) is 31.9 Å². The van der Waals surface area contributed by atoms with Crippen LogP contribution in [0.25, 0.3) is 0 Å². The van der Waals surface area contributed by atoms with Crippen molar-refractivity contribution >= 4 is 17.7 Å². The summed E-state index contributed by atoms with van der Waals surface area (Å²) in [5.74, 6) is -1.03. The van der Waals surface area contributed by atoms with Gasteiger partial charge in [-0.1, -0.05) is 6.07 Å². The third-order valence-electron chi connectivity index (χ3n) is 3.51. The molecule has 2 heterocycles. The number of hydrogen-bond acceptors (Lipinski definition) is 5. The predicted molar refractivity (Wildman–Crippen MR) is 71.4 cm³/mol. The van der Waals surface area contributed by atoms with Crippen molar-refractivity contribution in [2.24, 2.45) is 11.1 Å². The smallest absolute Gasteiger partial charge is 0.311 e. The summed E-state index contributed by atoms with van der Waals surface area (Å²) < 4.78 is 5.21. The number of aliphatic carboxylic acids is 1. The van der Waals surface area contributed by atoms with E-state index in [1.165, 1.54) is 6.07 Å². The van der Waals surface area contributed by atoms with Gasteiger partial charge >= 0.3 is 5.97 Å². The van der Waals surface area contributed by atoms with Gasteiger partial charge < -0.3 is 20.9 Å². The van der Waals surface area contributed by atoms with E-state index >= 15 is 0 Å². The molecule has 0 saturated carbocycles. The Labute approximate surface area is 116 Å². The van der Waals surface area contributed by atoms with Gasteiger partial charge in [0.2, 0.25) is 0 Å². The summed E-state index contributed by atoms with van der Waals surface area (Å²) in [5.41, 5.74) is 4.44. The first kappa shape index (κ1) is 14.3. The van der Waals surface area contributed by atoms with Crippen LogP contribution in [0.15, 0.2) is 18.2 Å². The van der Waals surface area contributed by atoms with E-state index in [2.05, 4.69) is 10.3 Å². The maximum absolute atomic E-state index is 11.5. The van der Waals surface area contributed by atoms with Crippen molar-refractivity contribution in [2.45, 2.75) is 12.8 Å². The highest BCUT2D eigenvalue weighted by Gasteiger charge is 2.40. The van der Waals surface area contributed by atoms with E-state index in [0.717, 1.165) is 0 Å². The van der Waals surface area contributed by atoms with E-state index < -0.39 is 17.3 Å². The molecule has 20 heavy (non-hydrogen) atoms. The quantitative estimate of drug-likeness (QED) is 0.722. The summed E-state index contributed by atoms with van der Waals surface area (Å²) in [5, 5.41) is 12.4. The summed E-state index contributed by atoms with van der Waals surface area (Å²) in [6.45, 7) is 1.10. The highest BCUT2D eigenvalue weighted by atomic mass is 16.5. The Morgan fingerprint density at radius 1 is 1.40 bits per heavy atom. The van der Waals surface area contributed by atoms with Crippen LogP contribution < -0.4 is 11.1 Å². The molecule has 0 atom stereocenters. The van der Waals surface area contributed by atoms with Gasteiger partial charge in [-0.15, -0.1) is 0 Å². The standard InChI is InChI=1S/C13H17N3O4/c14-11(17)9-2-1-3-10(16-9)15-8-13(12(18)19)4-6-20-7-5-13/h1-3H,4-8H2,(H2,14,17)(H,15,16)(H,18,19). The number of pyridine rings is 1. The molecule has 4 N–H and O–H groups in total. The van der Waals surface area contributed by atoms with Crippen LogP contribution in [0.1, 0.15) is 23.3 Å². The van der Waals surface area contributed by atoms with Gasteiger partial charge in [-0.3, -0.25) is 9.59 Å². The molecule has 0 spiro atoms. The van der Waals surface area contributed by atoms with Crippen LogP contribution in [-0.4, -0.2) is 41.7 Å². The molecular weight excluding hydrogens is 262 g/mol. The Hall–Kier alpha value is -2.15. The topological polar surface area (TPSA) is 115 Å². The predicted octanol–water partition coefficient (Wildman–Crippen LogP) is 0.474. The van der Waals surface area contributed by atoms with E-state index in [1.807, 2.05) is 0 Å². The summed E-state index contributed by atoms with van der Waals surface area (Å²) in [6.07, 6.45) is 0.898. The van der Waals surface area contributed by atoms with Crippen LogP contribution >= 0.6 is 0 Å². The molecule has 1 amide bonds. The number of anilines is 1. The average molecular weight is 279 g/mol. The monoisotopic (exact) mass is 279 g/mol. The fourth-order valence-electron chi connectivity index (χ4n) is 2.16. The minimum absolute atomic E-state index is 0.145. The number of primary amides is 1. The lowest BCUT2D eigenvalue weighted by Crippen LogP contribution is -2.42. The van der Waals surface area contributed by atoms with E-state index in [4.69, 9.17) is 10.5 Å². The van der Waals surface area contributed by atoms with Crippen LogP contribution in [0.3, 0.4) is 0 Å². The number of nitrogens with zero attached hydrogens (tertiary/aromatic N) is 1. The number of aromatic nitrogens is 1. The Bertz CT molecular complexity index is 512. The van der Waals surface area contributed by atoms with Gasteiger partial charge in [-0.2, -0.15) is 0 Å². The summed E-state index contributed by atoms with van der Waals surface area (Å²) in [4.78, 5) is 26.6. The van der Waals surface area contributed by atoms with Crippen LogP contribution in [0.5, 0.6) is 0 Å². The zero-order valence-electron chi connectivity index (χ0n) is 11.0. The zero-order chi connectivity index (χ0) is 14.6. The lowest BCUT2D eigenvalue weighted by Gasteiger charge is -2.33. The summed E-state index contributed by atoms with van der Waals surface area (Å²) in [7, 11) is 0. The number of ether oxygens (including phenoxy) is 1. The number of nitrogens with two attached hydrogens (primary N) is 1. The Kier molecular flexibility index (Phi) is 4.19. The van der Waals surface area contributed by atoms with Crippen molar-refractivity contribution in [3.63, 3.8) is 0 Å². The van der Waals surface area contributed by atoms with Gasteiger partial charge in [0.1, 0.15) is 11.5 Å². The van der Waals surface area contributed by atoms with Gasteiger partial charge in [0.15, 0.2) is 0 Å². The minimum Gasteiger partial charge on any atom is -0.481 e. The number of hydrogen-bond donors (Lipinski definition) is 3. The van der Waals surface area contributed by atoms with Gasteiger partial charge in [-0.25, -0.2) is 4.98 Å². The first-order valence-corrected chi connectivity index (χ1v) is 6.35. The first-order valence-electron chi connectivity index (χ1n) is 6.35. The maximum atomic E-state index is 11.5. The molecule has 1 fully saturated rings. The van der Waals surface area contributed by atoms with Crippen molar-refractivity contribution in [3.05, 3.63) is 23.9 Å². The SMILES string of the molecule is NC(=O)c1cccc(NCC2(C(=O)O)CCOCC2)n1. The molecule has 0 aliphatic carbocycles. The molecular formula is C13H17N3O4. The highest BCUT2D eigenvalue weighted by Crippen LogP contribution is 2.31. The molecule has 2 rings (SSSR count). The largest absolute Gasteiger partial charge is 0.481 e. The number of nitrogens with one attached hydrogen (secondary N) is 1. The van der Waals surface area contributed by atoms with Crippen LogP contribution in [-0.2, 0) is 9.53 Å². The average Bonchev–Trinajstić information content (AvgIpc) is 2.46. The van der Waals surface area contributed by atoms with Gasteiger partial charge in [0.25, 0.3) is 5.91 Å².